The molecule has 3 aromatic heterocycles. The zero-order valence-electron chi connectivity index (χ0n) is 14.0. The van der Waals surface area contributed by atoms with Gasteiger partial charge in [0.25, 0.3) is 0 Å². The maximum atomic E-state index is 12.6. The topological polar surface area (TPSA) is 83.0 Å². The zero-order valence-corrected chi connectivity index (χ0v) is 14.9. The Balaban J connectivity index is 1.82. The number of fused-ring (bicyclic) bond motifs is 1. The summed E-state index contributed by atoms with van der Waals surface area (Å²) in [6.45, 7) is 2.30. The fourth-order valence-corrected chi connectivity index (χ4v) is 3.54. The van der Waals surface area contributed by atoms with E-state index in [0.29, 0.717) is 30.4 Å². The Morgan fingerprint density at radius 2 is 2.27 bits per heavy atom. The van der Waals surface area contributed by atoms with Crippen LogP contribution in [0.25, 0.3) is 17.3 Å². The largest absolute Gasteiger partial charge is 0.444 e. The fourth-order valence-electron chi connectivity index (χ4n) is 2.79. The molecule has 3 aromatic rings. The van der Waals surface area contributed by atoms with Crippen molar-refractivity contribution in [2.75, 3.05) is 19.2 Å². The molecular formula is C16H16FN7OS. The van der Waals surface area contributed by atoms with Crippen LogP contribution >= 0.6 is 11.8 Å². The molecular weight excluding hydrogens is 357 g/mol. The highest BCUT2D eigenvalue weighted by Crippen LogP contribution is 2.31. The normalized spacial score (nSPS) is 13.4. The molecule has 10 heteroatoms. The van der Waals surface area contributed by atoms with Gasteiger partial charge in [0.1, 0.15) is 24.0 Å². The third-order valence-corrected chi connectivity index (χ3v) is 4.78. The van der Waals surface area contributed by atoms with E-state index in [1.54, 1.807) is 29.0 Å². The highest BCUT2D eigenvalue weighted by Gasteiger charge is 2.23. The Hall–Kier alpha value is -2.75. The molecule has 4 heterocycles. The van der Waals surface area contributed by atoms with Crippen LogP contribution in [0.3, 0.4) is 0 Å². The number of alkyl halides is 1. The van der Waals surface area contributed by atoms with Gasteiger partial charge in [0.05, 0.1) is 12.7 Å². The lowest BCUT2D eigenvalue weighted by molar-refractivity contribution is 0.178. The molecule has 0 fully saturated rings. The highest BCUT2D eigenvalue weighted by molar-refractivity contribution is 7.99. The van der Waals surface area contributed by atoms with Gasteiger partial charge in [0.2, 0.25) is 12.8 Å². The van der Waals surface area contributed by atoms with E-state index < -0.39 is 6.86 Å². The zero-order chi connectivity index (χ0) is 17.9. The molecule has 0 saturated heterocycles. The molecule has 8 nitrogen and oxygen atoms in total. The number of ether oxygens (including phenoxy) is 1. The molecule has 1 aliphatic rings. The van der Waals surface area contributed by atoms with Gasteiger partial charge < -0.3 is 9.30 Å². The van der Waals surface area contributed by atoms with Gasteiger partial charge in [-0.3, -0.25) is 0 Å². The van der Waals surface area contributed by atoms with E-state index in [-0.39, 0.29) is 5.90 Å². The van der Waals surface area contributed by atoms with Crippen molar-refractivity contribution >= 4 is 17.7 Å². The summed E-state index contributed by atoms with van der Waals surface area (Å²) in [6, 6.07) is 3.90. The van der Waals surface area contributed by atoms with E-state index in [1.165, 1.54) is 6.33 Å². The van der Waals surface area contributed by atoms with E-state index in [2.05, 4.69) is 27.0 Å². The molecule has 0 aromatic carbocycles. The van der Waals surface area contributed by atoms with Gasteiger partial charge in [-0.1, -0.05) is 6.92 Å². The Kier molecular flexibility index (Phi) is 4.65. The van der Waals surface area contributed by atoms with Crippen LogP contribution in [0.4, 0.5) is 4.39 Å². The number of rotatable bonds is 5. The lowest BCUT2D eigenvalue weighted by Gasteiger charge is -2.17. The van der Waals surface area contributed by atoms with E-state index in [1.807, 2.05) is 16.7 Å². The van der Waals surface area contributed by atoms with Crippen LogP contribution in [-0.2, 0) is 11.3 Å². The lowest BCUT2D eigenvalue weighted by Crippen LogP contribution is -2.21. The number of hydrogen-bond donors (Lipinski definition) is 0. The summed E-state index contributed by atoms with van der Waals surface area (Å²) >= 11 is 1.69. The maximum absolute atomic E-state index is 12.6. The summed E-state index contributed by atoms with van der Waals surface area (Å²) in [5, 5.41) is 4.14. The monoisotopic (exact) mass is 373 g/mol. The maximum Gasteiger partial charge on any atom is 0.237 e. The van der Waals surface area contributed by atoms with E-state index >= 15 is 0 Å². The van der Waals surface area contributed by atoms with Crippen LogP contribution in [0.15, 0.2) is 40.9 Å². The number of thioether (sulfide) groups is 1. The van der Waals surface area contributed by atoms with Gasteiger partial charge in [-0.2, -0.15) is 5.10 Å². The average molecular weight is 373 g/mol. The van der Waals surface area contributed by atoms with Crippen LogP contribution in [-0.4, -0.2) is 54.4 Å². The second-order valence-electron chi connectivity index (χ2n) is 5.35. The van der Waals surface area contributed by atoms with E-state index in [4.69, 9.17) is 9.72 Å². The molecule has 0 saturated carbocycles. The molecule has 0 unspecified atom stereocenters. The molecule has 0 bridgehead atoms. The van der Waals surface area contributed by atoms with Gasteiger partial charge in [-0.15, -0.1) is 11.8 Å². The first-order chi connectivity index (χ1) is 12.8. The minimum atomic E-state index is -0.920. The summed E-state index contributed by atoms with van der Waals surface area (Å²) in [4.78, 5) is 18.5. The van der Waals surface area contributed by atoms with Gasteiger partial charge in [0.15, 0.2) is 11.6 Å². The molecule has 0 spiro atoms. The minimum Gasteiger partial charge on any atom is -0.444 e. The molecule has 0 aliphatic carbocycles. The smallest absolute Gasteiger partial charge is 0.237 e. The molecule has 0 N–H and O–H groups in total. The van der Waals surface area contributed by atoms with Crippen LogP contribution in [0, 0.1) is 0 Å². The third kappa shape index (κ3) is 2.96. The number of hydrogen-bond acceptors (Lipinski definition) is 7. The van der Waals surface area contributed by atoms with Crippen molar-refractivity contribution < 1.29 is 9.13 Å². The van der Waals surface area contributed by atoms with Crippen molar-refractivity contribution in [2.45, 2.75) is 18.4 Å². The van der Waals surface area contributed by atoms with E-state index in [9.17, 15) is 4.39 Å². The fraction of sp³-hybridized carbons (Fsp3) is 0.312. The molecule has 1 aliphatic heterocycles. The van der Waals surface area contributed by atoms with Crippen molar-refractivity contribution in [1.29, 1.82) is 0 Å². The van der Waals surface area contributed by atoms with Gasteiger partial charge in [-0.25, -0.2) is 29.0 Å². The SMILES string of the molecule is CCSc1ccc(-n2cncn2)nc1-c1ncc2n1CCN=C2OCF. The van der Waals surface area contributed by atoms with Crippen molar-refractivity contribution in [3.05, 3.63) is 36.7 Å². The summed E-state index contributed by atoms with van der Waals surface area (Å²) in [6.07, 6.45) is 4.71. The standard InChI is InChI=1S/C16H16FN7OS/c1-2-26-12-3-4-13(24-10-18-9-21-24)22-14(12)15-20-7-11-16(25-8-17)19-5-6-23(11)15/h3-4,7,9-10H,2,5-6,8H2,1H3. The Labute approximate surface area is 153 Å². The molecule has 0 radical (unpaired) electrons. The van der Waals surface area contributed by atoms with E-state index in [0.717, 1.165) is 16.3 Å². The van der Waals surface area contributed by atoms with Crippen molar-refractivity contribution in [3.63, 3.8) is 0 Å². The van der Waals surface area contributed by atoms with Crippen LogP contribution in [0.2, 0.25) is 0 Å². The summed E-state index contributed by atoms with van der Waals surface area (Å²) in [5.41, 5.74) is 1.40. The van der Waals surface area contributed by atoms with Gasteiger partial charge in [0, 0.05) is 11.4 Å². The minimum absolute atomic E-state index is 0.273. The first kappa shape index (κ1) is 16.7. The Bertz CT molecular complexity index is 938. The number of pyridine rings is 1. The second-order valence-corrected chi connectivity index (χ2v) is 6.65. The van der Waals surface area contributed by atoms with Crippen molar-refractivity contribution in [3.8, 4) is 17.3 Å². The first-order valence-corrected chi connectivity index (χ1v) is 9.08. The third-order valence-electron chi connectivity index (χ3n) is 3.85. The molecule has 0 amide bonds. The average Bonchev–Trinajstić information content (AvgIpc) is 3.33. The van der Waals surface area contributed by atoms with Crippen molar-refractivity contribution in [2.24, 2.45) is 4.99 Å². The van der Waals surface area contributed by atoms with Gasteiger partial charge in [-0.05, 0) is 17.9 Å². The number of halogens is 1. The molecule has 4 rings (SSSR count). The number of nitrogens with zero attached hydrogens (tertiary/aromatic N) is 7. The molecule has 134 valence electrons. The van der Waals surface area contributed by atoms with Crippen LogP contribution < -0.4 is 0 Å². The summed E-state index contributed by atoms with van der Waals surface area (Å²) in [5.74, 6) is 2.53. The predicted molar refractivity (Wildman–Crippen MR) is 95.2 cm³/mol. The van der Waals surface area contributed by atoms with Gasteiger partial charge >= 0.3 is 0 Å². The number of aromatic nitrogens is 6. The lowest BCUT2D eigenvalue weighted by atomic mass is 10.3. The van der Waals surface area contributed by atoms with Crippen LogP contribution in [0.1, 0.15) is 12.6 Å². The Morgan fingerprint density at radius 1 is 1.35 bits per heavy atom. The Morgan fingerprint density at radius 3 is 3.04 bits per heavy atom. The first-order valence-electron chi connectivity index (χ1n) is 8.10. The summed E-state index contributed by atoms with van der Waals surface area (Å²) < 4.78 is 21.2. The predicted octanol–water partition coefficient (Wildman–Crippen LogP) is 2.34. The second kappa shape index (κ2) is 7.24. The number of imidazole rings is 1. The summed E-state index contributed by atoms with van der Waals surface area (Å²) in [7, 11) is 0. The quantitative estimate of drug-likeness (QED) is 0.639. The van der Waals surface area contributed by atoms with Crippen LogP contribution in [0.5, 0.6) is 0 Å². The molecule has 0 atom stereocenters. The highest BCUT2D eigenvalue weighted by atomic mass is 32.2. The number of aliphatic imine (C=N–C) groups is 1. The molecule has 26 heavy (non-hydrogen) atoms. The van der Waals surface area contributed by atoms with Crippen molar-refractivity contribution in [1.82, 2.24) is 29.3 Å².